The van der Waals surface area contributed by atoms with Crippen LogP contribution >= 0.6 is 23.2 Å². The average Bonchev–Trinajstić information content (AvgIpc) is 2.37. The standard InChI is InChI=1S/C12H18Cl2N2O3S/c1-12(2,4-3-5-17)8-16-20(18,19)9-6-10(13)11(14)15-7-9/h6-7,16-17H,3-5,8H2,1-2H3. The fraction of sp³-hybridized carbons (Fsp3) is 0.583. The van der Waals surface area contributed by atoms with Crippen molar-refractivity contribution in [1.29, 1.82) is 0 Å². The Morgan fingerprint density at radius 2 is 2.05 bits per heavy atom. The molecule has 1 rings (SSSR count). The normalized spacial score (nSPS) is 12.7. The van der Waals surface area contributed by atoms with Crippen LogP contribution in [0.5, 0.6) is 0 Å². The van der Waals surface area contributed by atoms with Crippen LogP contribution in [-0.2, 0) is 10.0 Å². The summed E-state index contributed by atoms with van der Waals surface area (Å²) in [5, 5.41) is 8.97. The summed E-state index contributed by atoms with van der Waals surface area (Å²) in [5.74, 6) is 0. The molecule has 0 radical (unpaired) electrons. The Morgan fingerprint density at radius 1 is 1.40 bits per heavy atom. The first-order chi connectivity index (χ1) is 9.18. The number of nitrogens with zero attached hydrogens (tertiary/aromatic N) is 1. The number of aromatic nitrogens is 1. The summed E-state index contributed by atoms with van der Waals surface area (Å²) < 4.78 is 26.7. The molecule has 0 atom stereocenters. The molecule has 0 aliphatic carbocycles. The van der Waals surface area contributed by atoms with Gasteiger partial charge >= 0.3 is 0 Å². The highest BCUT2D eigenvalue weighted by Gasteiger charge is 2.22. The third-order valence-corrected chi connectivity index (χ3v) is 4.89. The van der Waals surface area contributed by atoms with E-state index in [2.05, 4.69) is 9.71 Å². The lowest BCUT2D eigenvalue weighted by molar-refractivity contribution is 0.242. The van der Waals surface area contributed by atoms with Crippen LogP contribution in [0.4, 0.5) is 0 Å². The maximum Gasteiger partial charge on any atom is 0.242 e. The Morgan fingerprint density at radius 3 is 2.60 bits per heavy atom. The predicted molar refractivity (Wildman–Crippen MR) is 79.5 cm³/mol. The molecule has 0 aromatic carbocycles. The van der Waals surface area contributed by atoms with Crippen molar-refractivity contribution in [3.8, 4) is 0 Å². The lowest BCUT2D eigenvalue weighted by Crippen LogP contribution is -2.34. The van der Waals surface area contributed by atoms with Crippen LogP contribution in [0.25, 0.3) is 0 Å². The fourth-order valence-corrected chi connectivity index (χ4v) is 3.12. The zero-order valence-electron chi connectivity index (χ0n) is 11.4. The molecule has 20 heavy (non-hydrogen) atoms. The molecule has 2 N–H and O–H groups in total. The molecule has 5 nitrogen and oxygen atoms in total. The Bertz CT molecular complexity index is 562. The van der Waals surface area contributed by atoms with Crippen LogP contribution in [-0.4, -0.2) is 31.7 Å². The summed E-state index contributed by atoms with van der Waals surface area (Å²) in [7, 11) is -3.68. The molecule has 0 aliphatic heterocycles. The first-order valence-corrected chi connectivity index (χ1v) is 8.33. The van der Waals surface area contributed by atoms with E-state index in [1.165, 1.54) is 6.07 Å². The highest BCUT2D eigenvalue weighted by molar-refractivity contribution is 7.89. The van der Waals surface area contributed by atoms with E-state index in [1.54, 1.807) is 0 Å². The van der Waals surface area contributed by atoms with Gasteiger partial charge in [-0.05, 0) is 24.3 Å². The second kappa shape index (κ2) is 7.04. The molecule has 8 heteroatoms. The molecule has 0 bridgehead atoms. The van der Waals surface area contributed by atoms with Gasteiger partial charge in [0.1, 0.15) is 10.0 Å². The highest BCUT2D eigenvalue weighted by atomic mass is 35.5. The van der Waals surface area contributed by atoms with Crippen LogP contribution < -0.4 is 4.72 Å². The number of sulfonamides is 1. The zero-order chi connectivity index (χ0) is 15.4. The third kappa shape index (κ3) is 5.18. The number of aliphatic hydroxyl groups is 1. The van der Waals surface area contributed by atoms with Gasteiger partial charge in [-0.25, -0.2) is 18.1 Å². The van der Waals surface area contributed by atoms with Crippen LogP contribution in [0.3, 0.4) is 0 Å². The van der Waals surface area contributed by atoms with E-state index in [4.69, 9.17) is 28.3 Å². The van der Waals surface area contributed by atoms with Crippen molar-refractivity contribution in [1.82, 2.24) is 9.71 Å². The molecule has 0 spiro atoms. The lowest BCUT2D eigenvalue weighted by atomic mass is 9.88. The van der Waals surface area contributed by atoms with E-state index in [-0.39, 0.29) is 33.6 Å². The van der Waals surface area contributed by atoms with E-state index in [0.29, 0.717) is 12.8 Å². The first kappa shape index (κ1) is 17.7. The molecule has 0 fully saturated rings. The van der Waals surface area contributed by atoms with E-state index in [0.717, 1.165) is 6.20 Å². The molecule has 0 amide bonds. The number of halogens is 2. The van der Waals surface area contributed by atoms with Gasteiger partial charge in [0, 0.05) is 19.3 Å². The number of aliphatic hydroxyl groups excluding tert-OH is 1. The minimum Gasteiger partial charge on any atom is -0.396 e. The molecule has 114 valence electrons. The largest absolute Gasteiger partial charge is 0.396 e. The van der Waals surface area contributed by atoms with Gasteiger partial charge < -0.3 is 5.11 Å². The molecule has 1 heterocycles. The van der Waals surface area contributed by atoms with Crippen molar-refractivity contribution in [2.75, 3.05) is 13.2 Å². The second-order valence-electron chi connectivity index (χ2n) is 5.26. The first-order valence-electron chi connectivity index (χ1n) is 6.09. The van der Waals surface area contributed by atoms with Crippen LogP contribution in [0.1, 0.15) is 26.7 Å². The van der Waals surface area contributed by atoms with Crippen molar-refractivity contribution in [3.05, 3.63) is 22.4 Å². The molecule has 1 aromatic rings. The Labute approximate surface area is 129 Å². The SMILES string of the molecule is CC(C)(CCCO)CNS(=O)(=O)c1cnc(Cl)c(Cl)c1. The third-order valence-electron chi connectivity index (χ3n) is 2.83. The molecule has 0 saturated heterocycles. The number of nitrogens with one attached hydrogen (secondary N) is 1. The summed E-state index contributed by atoms with van der Waals surface area (Å²) in [6, 6.07) is 1.26. The van der Waals surface area contributed by atoms with Crippen molar-refractivity contribution in [3.63, 3.8) is 0 Å². The van der Waals surface area contributed by atoms with Gasteiger partial charge in [0.05, 0.1) is 5.02 Å². The number of hydrogen-bond acceptors (Lipinski definition) is 4. The van der Waals surface area contributed by atoms with Crippen molar-refractivity contribution >= 4 is 33.2 Å². The summed E-state index contributed by atoms with van der Waals surface area (Å²) in [4.78, 5) is 3.70. The van der Waals surface area contributed by atoms with Crippen LogP contribution in [0, 0.1) is 5.41 Å². The Hall–Kier alpha value is -0.400. The highest BCUT2D eigenvalue weighted by Crippen LogP contribution is 2.24. The van der Waals surface area contributed by atoms with E-state index in [9.17, 15) is 8.42 Å². The predicted octanol–water partition coefficient (Wildman–Crippen LogP) is 2.47. The summed E-state index contributed by atoms with van der Waals surface area (Å²) >= 11 is 11.4. The number of pyridine rings is 1. The van der Waals surface area contributed by atoms with Crippen molar-refractivity contribution < 1.29 is 13.5 Å². The summed E-state index contributed by atoms with van der Waals surface area (Å²) in [5.41, 5.74) is -0.251. The molecule has 1 aromatic heterocycles. The molecule has 0 unspecified atom stereocenters. The second-order valence-corrected chi connectivity index (χ2v) is 7.79. The summed E-state index contributed by atoms with van der Waals surface area (Å²) in [6.07, 6.45) is 2.51. The maximum absolute atomic E-state index is 12.1. The Kier molecular flexibility index (Phi) is 6.22. The molecular formula is C12H18Cl2N2O3S. The van der Waals surface area contributed by atoms with Gasteiger partial charge in [0.2, 0.25) is 10.0 Å². The smallest absolute Gasteiger partial charge is 0.242 e. The van der Waals surface area contributed by atoms with E-state index < -0.39 is 10.0 Å². The van der Waals surface area contributed by atoms with Crippen LogP contribution in [0.2, 0.25) is 10.2 Å². The quantitative estimate of drug-likeness (QED) is 0.747. The van der Waals surface area contributed by atoms with Gasteiger partial charge in [-0.2, -0.15) is 0 Å². The molecule has 0 saturated carbocycles. The number of rotatable bonds is 7. The monoisotopic (exact) mass is 340 g/mol. The maximum atomic E-state index is 12.1. The molecular weight excluding hydrogens is 323 g/mol. The lowest BCUT2D eigenvalue weighted by Gasteiger charge is -2.24. The topological polar surface area (TPSA) is 79.3 Å². The molecule has 0 aliphatic rings. The Balaban J connectivity index is 2.77. The minimum atomic E-state index is -3.68. The van der Waals surface area contributed by atoms with Gasteiger partial charge in [0.25, 0.3) is 0 Å². The van der Waals surface area contributed by atoms with E-state index in [1.807, 2.05) is 13.8 Å². The van der Waals surface area contributed by atoms with Crippen molar-refractivity contribution in [2.24, 2.45) is 5.41 Å². The van der Waals surface area contributed by atoms with Gasteiger partial charge in [-0.1, -0.05) is 37.0 Å². The van der Waals surface area contributed by atoms with Crippen LogP contribution in [0.15, 0.2) is 17.2 Å². The van der Waals surface area contributed by atoms with Gasteiger partial charge in [-0.3, -0.25) is 0 Å². The van der Waals surface area contributed by atoms with Gasteiger partial charge in [0.15, 0.2) is 0 Å². The van der Waals surface area contributed by atoms with Crippen molar-refractivity contribution in [2.45, 2.75) is 31.6 Å². The summed E-state index contributed by atoms with van der Waals surface area (Å²) in [6.45, 7) is 4.21. The zero-order valence-corrected chi connectivity index (χ0v) is 13.7. The fourth-order valence-electron chi connectivity index (χ4n) is 1.57. The number of hydrogen-bond donors (Lipinski definition) is 2. The van der Waals surface area contributed by atoms with Gasteiger partial charge in [-0.15, -0.1) is 0 Å². The average molecular weight is 341 g/mol. The minimum absolute atomic E-state index is 0.0233. The van der Waals surface area contributed by atoms with E-state index >= 15 is 0 Å².